The van der Waals surface area contributed by atoms with Gasteiger partial charge in [-0.3, -0.25) is 0 Å². The molecule has 17 heavy (non-hydrogen) atoms. The molecule has 0 saturated carbocycles. The standard InChI is InChI=1S/C14H18O3/c15-14(13-9-16-6-7-17-13)12-5-4-10-2-1-3-11(10)8-12/h4-5,8,13-15H,1-3,6-7,9H2. The SMILES string of the molecule is OC(c1ccc2c(c1)CCC2)C1COCCO1. The van der Waals surface area contributed by atoms with Crippen molar-refractivity contribution in [2.75, 3.05) is 19.8 Å². The maximum atomic E-state index is 10.3. The van der Waals surface area contributed by atoms with Gasteiger partial charge in [0.2, 0.25) is 0 Å². The lowest BCUT2D eigenvalue weighted by molar-refractivity contribution is -0.133. The summed E-state index contributed by atoms with van der Waals surface area (Å²) in [5, 5.41) is 10.3. The van der Waals surface area contributed by atoms with Crippen molar-refractivity contribution in [3.8, 4) is 0 Å². The molecule has 1 fully saturated rings. The predicted octanol–water partition coefficient (Wildman–Crippen LogP) is 1.62. The highest BCUT2D eigenvalue weighted by molar-refractivity contribution is 5.36. The Hall–Kier alpha value is -0.900. The minimum Gasteiger partial charge on any atom is -0.386 e. The molecule has 1 aliphatic heterocycles. The lowest BCUT2D eigenvalue weighted by Crippen LogP contribution is -2.33. The van der Waals surface area contributed by atoms with E-state index in [1.54, 1.807) is 0 Å². The monoisotopic (exact) mass is 234 g/mol. The van der Waals surface area contributed by atoms with Crippen molar-refractivity contribution < 1.29 is 14.6 Å². The highest BCUT2D eigenvalue weighted by atomic mass is 16.6. The van der Waals surface area contributed by atoms with Crippen LogP contribution in [0.3, 0.4) is 0 Å². The van der Waals surface area contributed by atoms with E-state index < -0.39 is 6.10 Å². The number of hydrogen-bond donors (Lipinski definition) is 1. The highest BCUT2D eigenvalue weighted by Gasteiger charge is 2.25. The van der Waals surface area contributed by atoms with E-state index in [2.05, 4.69) is 12.1 Å². The van der Waals surface area contributed by atoms with Crippen LogP contribution >= 0.6 is 0 Å². The van der Waals surface area contributed by atoms with Crippen molar-refractivity contribution in [3.63, 3.8) is 0 Å². The molecule has 2 unspecified atom stereocenters. The van der Waals surface area contributed by atoms with E-state index in [0.29, 0.717) is 19.8 Å². The number of aryl methyl sites for hydroxylation is 2. The van der Waals surface area contributed by atoms with Crippen molar-refractivity contribution in [3.05, 3.63) is 34.9 Å². The first kappa shape index (κ1) is 11.2. The second kappa shape index (κ2) is 4.77. The van der Waals surface area contributed by atoms with Crippen LogP contribution in [0.4, 0.5) is 0 Å². The van der Waals surface area contributed by atoms with Crippen LogP contribution < -0.4 is 0 Å². The summed E-state index contributed by atoms with van der Waals surface area (Å²) < 4.78 is 10.9. The van der Waals surface area contributed by atoms with Gasteiger partial charge in [0.25, 0.3) is 0 Å². The summed E-state index contributed by atoms with van der Waals surface area (Å²) in [6, 6.07) is 6.29. The first-order valence-corrected chi connectivity index (χ1v) is 6.34. The fraction of sp³-hybridized carbons (Fsp3) is 0.571. The fourth-order valence-corrected chi connectivity index (χ4v) is 2.68. The molecule has 0 radical (unpaired) electrons. The Labute approximate surface area is 101 Å². The molecule has 1 aliphatic carbocycles. The van der Waals surface area contributed by atoms with Gasteiger partial charge in [-0.2, -0.15) is 0 Å². The molecule has 0 bridgehead atoms. The topological polar surface area (TPSA) is 38.7 Å². The summed E-state index contributed by atoms with van der Waals surface area (Å²) in [6.45, 7) is 1.69. The van der Waals surface area contributed by atoms with Gasteiger partial charge in [0.15, 0.2) is 0 Å². The van der Waals surface area contributed by atoms with Crippen LogP contribution in [-0.2, 0) is 22.3 Å². The molecule has 1 aromatic rings. The normalized spacial score (nSPS) is 25.6. The van der Waals surface area contributed by atoms with Gasteiger partial charge in [-0.25, -0.2) is 0 Å². The number of aliphatic hydroxyl groups excluding tert-OH is 1. The zero-order valence-electron chi connectivity index (χ0n) is 9.89. The first-order chi connectivity index (χ1) is 8.34. The summed E-state index contributed by atoms with van der Waals surface area (Å²) >= 11 is 0. The average molecular weight is 234 g/mol. The second-order valence-electron chi connectivity index (χ2n) is 4.81. The molecule has 3 nitrogen and oxygen atoms in total. The van der Waals surface area contributed by atoms with Crippen LogP contribution in [0.1, 0.15) is 29.2 Å². The zero-order valence-corrected chi connectivity index (χ0v) is 9.89. The van der Waals surface area contributed by atoms with Crippen molar-refractivity contribution in [1.82, 2.24) is 0 Å². The molecule has 0 spiro atoms. The van der Waals surface area contributed by atoms with E-state index in [9.17, 15) is 5.11 Å². The third-order valence-electron chi connectivity index (χ3n) is 3.66. The zero-order chi connectivity index (χ0) is 11.7. The van der Waals surface area contributed by atoms with Gasteiger partial charge in [0, 0.05) is 0 Å². The Kier molecular flexibility index (Phi) is 3.14. The largest absolute Gasteiger partial charge is 0.386 e. The minimum absolute atomic E-state index is 0.219. The Morgan fingerprint density at radius 2 is 2.06 bits per heavy atom. The minimum atomic E-state index is -0.568. The summed E-state index contributed by atoms with van der Waals surface area (Å²) in [7, 11) is 0. The number of hydrogen-bond acceptors (Lipinski definition) is 3. The quantitative estimate of drug-likeness (QED) is 0.845. The summed E-state index contributed by atoms with van der Waals surface area (Å²) in [4.78, 5) is 0. The third kappa shape index (κ3) is 2.23. The van der Waals surface area contributed by atoms with E-state index in [-0.39, 0.29) is 6.10 Å². The number of rotatable bonds is 2. The van der Waals surface area contributed by atoms with Crippen molar-refractivity contribution in [2.45, 2.75) is 31.5 Å². The molecule has 1 aromatic carbocycles. The van der Waals surface area contributed by atoms with Gasteiger partial charge in [-0.1, -0.05) is 18.2 Å². The lowest BCUT2D eigenvalue weighted by Gasteiger charge is -2.27. The molecule has 3 heteroatoms. The van der Waals surface area contributed by atoms with Gasteiger partial charge in [0.05, 0.1) is 19.8 Å². The van der Waals surface area contributed by atoms with Crippen LogP contribution in [0.25, 0.3) is 0 Å². The van der Waals surface area contributed by atoms with Crippen molar-refractivity contribution in [2.24, 2.45) is 0 Å². The van der Waals surface area contributed by atoms with Crippen molar-refractivity contribution >= 4 is 0 Å². The highest BCUT2D eigenvalue weighted by Crippen LogP contribution is 2.28. The number of benzene rings is 1. The molecule has 2 atom stereocenters. The van der Waals surface area contributed by atoms with E-state index in [4.69, 9.17) is 9.47 Å². The van der Waals surface area contributed by atoms with Gasteiger partial charge in [-0.05, 0) is 36.0 Å². The average Bonchev–Trinajstić information content (AvgIpc) is 2.86. The van der Waals surface area contributed by atoms with Gasteiger partial charge in [-0.15, -0.1) is 0 Å². The first-order valence-electron chi connectivity index (χ1n) is 6.34. The van der Waals surface area contributed by atoms with E-state index >= 15 is 0 Å². The van der Waals surface area contributed by atoms with Crippen LogP contribution in [0.5, 0.6) is 0 Å². The molecule has 1 N–H and O–H groups in total. The molecule has 1 heterocycles. The molecule has 1 saturated heterocycles. The predicted molar refractivity (Wildman–Crippen MR) is 64.0 cm³/mol. The number of ether oxygens (including phenoxy) is 2. The summed E-state index contributed by atoms with van der Waals surface area (Å²) in [5.74, 6) is 0. The van der Waals surface area contributed by atoms with Gasteiger partial charge < -0.3 is 14.6 Å². The Balaban J connectivity index is 1.78. The van der Waals surface area contributed by atoms with E-state index in [1.165, 1.54) is 24.0 Å². The molecule has 0 amide bonds. The summed E-state index contributed by atoms with van der Waals surface area (Å²) in [5.41, 5.74) is 3.78. The Bertz CT molecular complexity index is 396. The maximum Gasteiger partial charge on any atom is 0.111 e. The molecular weight excluding hydrogens is 216 g/mol. The molecular formula is C14H18O3. The molecule has 92 valence electrons. The van der Waals surface area contributed by atoms with Crippen LogP contribution in [0.2, 0.25) is 0 Å². The summed E-state index contributed by atoms with van der Waals surface area (Å²) in [6.07, 6.45) is 2.76. The van der Waals surface area contributed by atoms with Crippen LogP contribution in [0, 0.1) is 0 Å². The fourth-order valence-electron chi connectivity index (χ4n) is 2.68. The Morgan fingerprint density at radius 1 is 1.18 bits per heavy atom. The molecule has 0 aromatic heterocycles. The molecule has 2 aliphatic rings. The van der Waals surface area contributed by atoms with E-state index in [1.807, 2.05) is 6.07 Å². The van der Waals surface area contributed by atoms with E-state index in [0.717, 1.165) is 12.0 Å². The Morgan fingerprint density at radius 3 is 2.88 bits per heavy atom. The number of aliphatic hydroxyl groups is 1. The van der Waals surface area contributed by atoms with Crippen LogP contribution in [-0.4, -0.2) is 31.0 Å². The van der Waals surface area contributed by atoms with Gasteiger partial charge in [0.1, 0.15) is 12.2 Å². The van der Waals surface area contributed by atoms with Crippen molar-refractivity contribution in [1.29, 1.82) is 0 Å². The second-order valence-corrected chi connectivity index (χ2v) is 4.81. The number of fused-ring (bicyclic) bond motifs is 1. The van der Waals surface area contributed by atoms with Gasteiger partial charge >= 0.3 is 0 Å². The maximum absolute atomic E-state index is 10.3. The lowest BCUT2D eigenvalue weighted by atomic mass is 9.99. The van der Waals surface area contributed by atoms with Crippen LogP contribution in [0.15, 0.2) is 18.2 Å². The smallest absolute Gasteiger partial charge is 0.111 e. The molecule has 3 rings (SSSR count). The third-order valence-corrected chi connectivity index (χ3v) is 3.66.